The van der Waals surface area contributed by atoms with Gasteiger partial charge in [-0.2, -0.15) is 0 Å². The average molecular weight is 358 g/mol. The maximum absolute atomic E-state index is 13.8. The summed E-state index contributed by atoms with van der Waals surface area (Å²) in [5.41, 5.74) is 5.41. The number of ether oxygens (including phenoxy) is 2. The molecule has 1 aliphatic heterocycles. The van der Waals surface area contributed by atoms with E-state index in [0.29, 0.717) is 13.0 Å². The Morgan fingerprint density at radius 3 is 2.19 bits per heavy atom. The van der Waals surface area contributed by atoms with Crippen molar-refractivity contribution in [2.45, 2.75) is 48.0 Å². The number of hydrogen-bond acceptors (Lipinski definition) is 2. The maximum Gasteiger partial charge on any atom is 0.126 e. The van der Waals surface area contributed by atoms with Crippen molar-refractivity contribution in [2.75, 3.05) is 19.8 Å². The van der Waals surface area contributed by atoms with E-state index < -0.39 is 0 Å². The van der Waals surface area contributed by atoms with Crippen LogP contribution in [0, 0.1) is 25.1 Å². The van der Waals surface area contributed by atoms with Crippen molar-refractivity contribution in [2.24, 2.45) is 5.41 Å². The van der Waals surface area contributed by atoms with Gasteiger partial charge in [0.05, 0.1) is 19.8 Å². The van der Waals surface area contributed by atoms with E-state index in [1.165, 1.54) is 0 Å². The molecule has 2 nitrogen and oxygen atoms in total. The third-order valence-electron chi connectivity index (χ3n) is 4.71. The molecule has 0 N–H and O–H groups in total. The van der Waals surface area contributed by atoms with Crippen LogP contribution in [0.2, 0.25) is 0 Å². The van der Waals surface area contributed by atoms with Gasteiger partial charge in [0.25, 0.3) is 0 Å². The Bertz CT molecular complexity index is 725. The summed E-state index contributed by atoms with van der Waals surface area (Å²) in [6.45, 7) is 14.5. The first-order valence-corrected chi connectivity index (χ1v) is 9.52. The lowest BCUT2D eigenvalue weighted by Crippen LogP contribution is -2.44. The topological polar surface area (TPSA) is 18.5 Å². The van der Waals surface area contributed by atoms with Gasteiger partial charge in [0.1, 0.15) is 11.6 Å². The Balaban J connectivity index is 0.00000117. The van der Waals surface area contributed by atoms with Gasteiger partial charge in [-0.15, -0.1) is 0 Å². The first-order chi connectivity index (χ1) is 12.4. The predicted octanol–water partition coefficient (Wildman–Crippen LogP) is 6.11. The molecule has 3 rings (SSSR count). The third kappa shape index (κ3) is 4.45. The highest BCUT2D eigenvalue weighted by Crippen LogP contribution is 2.33. The lowest BCUT2D eigenvalue weighted by atomic mass is 9.90. The molecule has 1 saturated heterocycles. The molecule has 0 bridgehead atoms. The number of benzene rings is 2. The van der Waals surface area contributed by atoms with Gasteiger partial charge < -0.3 is 9.47 Å². The fraction of sp³-hybridized carbons (Fsp3) is 0.478. The van der Waals surface area contributed by atoms with Crippen molar-refractivity contribution >= 4 is 0 Å². The van der Waals surface area contributed by atoms with Crippen LogP contribution in [0.25, 0.3) is 11.1 Å². The number of rotatable bonds is 5. The summed E-state index contributed by atoms with van der Waals surface area (Å²) in [7, 11) is 0. The molecule has 0 radical (unpaired) electrons. The SMILES string of the molecule is CC.CCc1cc(-c2c(C)cc(OCC3(C)COC3)cc2C)ccc1F. The van der Waals surface area contributed by atoms with Crippen molar-refractivity contribution in [3.63, 3.8) is 0 Å². The van der Waals surface area contributed by atoms with Crippen LogP contribution < -0.4 is 4.74 Å². The molecule has 0 aliphatic carbocycles. The van der Waals surface area contributed by atoms with E-state index in [9.17, 15) is 4.39 Å². The van der Waals surface area contributed by atoms with E-state index in [1.54, 1.807) is 6.07 Å². The Morgan fingerprint density at radius 1 is 1.08 bits per heavy atom. The molecule has 0 atom stereocenters. The molecule has 1 heterocycles. The Hall–Kier alpha value is -1.87. The minimum atomic E-state index is -0.132. The standard InChI is InChI=1S/C21H25FO2.C2H6/c1-5-16-10-17(6-7-19(16)22)20-14(2)8-18(9-15(20)3)24-13-21(4)11-23-12-21;1-2/h6-10H,5,11-13H2,1-4H3;1-2H3. The fourth-order valence-electron chi connectivity index (χ4n) is 3.26. The van der Waals surface area contributed by atoms with Crippen LogP contribution >= 0.6 is 0 Å². The summed E-state index contributed by atoms with van der Waals surface area (Å²) in [4.78, 5) is 0. The van der Waals surface area contributed by atoms with Crippen LogP contribution in [-0.2, 0) is 11.2 Å². The summed E-state index contributed by atoms with van der Waals surface area (Å²) in [6.07, 6.45) is 0.694. The molecule has 0 amide bonds. The van der Waals surface area contributed by atoms with Gasteiger partial charge in [-0.25, -0.2) is 4.39 Å². The highest BCUT2D eigenvalue weighted by molar-refractivity contribution is 5.72. The number of hydrogen-bond donors (Lipinski definition) is 0. The molecule has 0 saturated carbocycles. The van der Waals surface area contributed by atoms with E-state index in [1.807, 2.05) is 32.9 Å². The zero-order chi connectivity index (χ0) is 19.3. The second-order valence-electron chi connectivity index (χ2n) is 7.18. The molecule has 2 aromatic rings. The molecule has 26 heavy (non-hydrogen) atoms. The molecule has 0 aromatic heterocycles. The monoisotopic (exact) mass is 358 g/mol. The van der Waals surface area contributed by atoms with Gasteiger partial charge in [-0.05, 0) is 72.4 Å². The van der Waals surface area contributed by atoms with Gasteiger partial charge >= 0.3 is 0 Å². The summed E-state index contributed by atoms with van der Waals surface area (Å²) in [5, 5.41) is 0. The molecule has 2 aromatic carbocycles. The lowest BCUT2D eigenvalue weighted by Gasteiger charge is -2.37. The minimum absolute atomic E-state index is 0.132. The van der Waals surface area contributed by atoms with Crippen molar-refractivity contribution in [1.82, 2.24) is 0 Å². The second-order valence-corrected chi connectivity index (χ2v) is 7.18. The third-order valence-corrected chi connectivity index (χ3v) is 4.71. The molecule has 3 heteroatoms. The summed E-state index contributed by atoms with van der Waals surface area (Å²) < 4.78 is 25.0. The van der Waals surface area contributed by atoms with E-state index in [2.05, 4.69) is 32.9 Å². The normalized spacial score (nSPS) is 14.9. The van der Waals surface area contributed by atoms with Crippen molar-refractivity contribution in [1.29, 1.82) is 0 Å². The summed E-state index contributed by atoms with van der Waals surface area (Å²) in [5.74, 6) is 0.757. The van der Waals surface area contributed by atoms with Gasteiger partial charge in [0, 0.05) is 5.41 Å². The van der Waals surface area contributed by atoms with Crippen LogP contribution in [0.4, 0.5) is 4.39 Å². The Morgan fingerprint density at radius 2 is 1.69 bits per heavy atom. The predicted molar refractivity (Wildman–Crippen MR) is 106 cm³/mol. The van der Waals surface area contributed by atoms with Gasteiger partial charge in [0.15, 0.2) is 0 Å². The van der Waals surface area contributed by atoms with Crippen molar-refractivity contribution < 1.29 is 13.9 Å². The first-order valence-electron chi connectivity index (χ1n) is 9.52. The maximum atomic E-state index is 13.8. The highest BCUT2D eigenvalue weighted by Gasteiger charge is 2.34. The van der Waals surface area contributed by atoms with Gasteiger partial charge in [-0.3, -0.25) is 0 Å². The molecule has 1 aliphatic rings. The summed E-state index contributed by atoms with van der Waals surface area (Å²) in [6, 6.07) is 9.52. The van der Waals surface area contributed by atoms with Crippen LogP contribution in [0.3, 0.4) is 0 Å². The zero-order valence-electron chi connectivity index (χ0n) is 16.9. The number of aryl methyl sites for hydroxylation is 3. The van der Waals surface area contributed by atoms with Crippen LogP contribution in [0.5, 0.6) is 5.75 Å². The first kappa shape index (κ1) is 20.4. The minimum Gasteiger partial charge on any atom is -0.493 e. The van der Waals surface area contributed by atoms with Crippen LogP contribution in [-0.4, -0.2) is 19.8 Å². The quantitative estimate of drug-likeness (QED) is 0.641. The lowest BCUT2D eigenvalue weighted by molar-refractivity contribution is -0.120. The van der Waals surface area contributed by atoms with E-state index in [0.717, 1.165) is 46.8 Å². The van der Waals surface area contributed by atoms with Crippen LogP contribution in [0.15, 0.2) is 30.3 Å². The Kier molecular flexibility index (Phi) is 6.82. The molecule has 0 unspecified atom stereocenters. The van der Waals surface area contributed by atoms with E-state index in [4.69, 9.17) is 9.47 Å². The Labute approximate surface area is 157 Å². The smallest absolute Gasteiger partial charge is 0.126 e. The van der Waals surface area contributed by atoms with Crippen LogP contribution in [0.1, 0.15) is 44.4 Å². The highest BCUT2D eigenvalue weighted by atomic mass is 19.1. The largest absolute Gasteiger partial charge is 0.493 e. The van der Waals surface area contributed by atoms with Crippen molar-refractivity contribution in [3.8, 4) is 16.9 Å². The van der Waals surface area contributed by atoms with E-state index in [-0.39, 0.29) is 11.2 Å². The molecular weight excluding hydrogens is 327 g/mol. The number of halogens is 1. The molecule has 142 valence electrons. The van der Waals surface area contributed by atoms with Crippen molar-refractivity contribution in [3.05, 3.63) is 52.8 Å². The second kappa shape index (κ2) is 8.68. The van der Waals surface area contributed by atoms with Gasteiger partial charge in [-0.1, -0.05) is 33.8 Å². The average Bonchev–Trinajstić information content (AvgIpc) is 2.61. The van der Waals surface area contributed by atoms with Gasteiger partial charge in [0.2, 0.25) is 0 Å². The molecular formula is C23H31FO2. The molecule has 0 spiro atoms. The fourth-order valence-corrected chi connectivity index (χ4v) is 3.26. The summed E-state index contributed by atoms with van der Waals surface area (Å²) >= 11 is 0. The molecule has 1 fully saturated rings. The zero-order valence-corrected chi connectivity index (χ0v) is 16.9. The van der Waals surface area contributed by atoms with E-state index >= 15 is 0 Å².